The third kappa shape index (κ3) is 5.39. The van der Waals surface area contributed by atoms with Gasteiger partial charge in [-0.25, -0.2) is 18.2 Å². The molecule has 0 saturated heterocycles. The van der Waals surface area contributed by atoms with Crippen LogP contribution in [0, 0.1) is 0 Å². The van der Waals surface area contributed by atoms with E-state index in [1.54, 1.807) is 6.92 Å². The van der Waals surface area contributed by atoms with Gasteiger partial charge >= 0.3 is 12.1 Å². The van der Waals surface area contributed by atoms with Crippen LogP contribution in [0.2, 0.25) is 5.02 Å². The van der Waals surface area contributed by atoms with E-state index in [0.717, 1.165) is 12.1 Å². The van der Waals surface area contributed by atoms with Gasteiger partial charge in [0.05, 0.1) is 29.4 Å². The second kappa shape index (κ2) is 8.22. The zero-order valence-corrected chi connectivity index (χ0v) is 15.5. The van der Waals surface area contributed by atoms with E-state index in [2.05, 4.69) is 9.97 Å². The van der Waals surface area contributed by atoms with Crippen LogP contribution < -0.4 is 0 Å². The van der Waals surface area contributed by atoms with Gasteiger partial charge < -0.3 is 4.74 Å². The van der Waals surface area contributed by atoms with Crippen molar-refractivity contribution in [3.8, 4) is 0 Å². The Morgan fingerprint density at radius 3 is 2.48 bits per heavy atom. The topological polar surface area (TPSA) is 86.2 Å². The molecule has 146 valence electrons. The molecule has 1 aromatic heterocycles. The molecule has 0 bridgehead atoms. The fourth-order valence-electron chi connectivity index (χ4n) is 2.29. The second-order valence-corrected chi connectivity index (χ2v) is 7.84. The number of rotatable bonds is 6. The standard InChI is InChI=1S/C16H14ClF3N2O4S/c1-2-26-15(23)14-13(21-6-7-22-14)9-27(24,25)8-10-11(16(18,19)20)4-3-5-12(10)17/h3-7H,2,8-9H2,1H3. The van der Waals surface area contributed by atoms with Gasteiger partial charge in [-0.1, -0.05) is 17.7 Å². The van der Waals surface area contributed by atoms with Crippen molar-refractivity contribution >= 4 is 27.4 Å². The second-order valence-electron chi connectivity index (χ2n) is 5.37. The number of alkyl halides is 3. The quantitative estimate of drug-likeness (QED) is 0.663. The van der Waals surface area contributed by atoms with Crippen molar-refractivity contribution in [2.45, 2.75) is 24.6 Å². The minimum Gasteiger partial charge on any atom is -0.461 e. The van der Waals surface area contributed by atoms with E-state index in [-0.39, 0.29) is 23.0 Å². The third-order valence-corrected chi connectivity index (χ3v) is 5.18. The molecule has 0 fully saturated rings. The Labute approximate surface area is 158 Å². The number of benzene rings is 1. The first-order valence-corrected chi connectivity index (χ1v) is 9.77. The van der Waals surface area contributed by atoms with Gasteiger partial charge in [-0.15, -0.1) is 0 Å². The minimum atomic E-state index is -4.77. The lowest BCUT2D eigenvalue weighted by Crippen LogP contribution is -2.18. The number of hydrogen-bond acceptors (Lipinski definition) is 6. The normalized spacial score (nSPS) is 12.0. The van der Waals surface area contributed by atoms with Gasteiger partial charge in [0.25, 0.3) is 0 Å². The highest BCUT2D eigenvalue weighted by Crippen LogP contribution is 2.36. The lowest BCUT2D eigenvalue weighted by molar-refractivity contribution is -0.138. The summed E-state index contributed by atoms with van der Waals surface area (Å²) < 4.78 is 69.2. The fraction of sp³-hybridized carbons (Fsp3) is 0.312. The highest BCUT2D eigenvalue weighted by Gasteiger charge is 2.35. The predicted octanol–water partition coefficient (Wildman–Crippen LogP) is 3.44. The third-order valence-electron chi connectivity index (χ3n) is 3.39. The van der Waals surface area contributed by atoms with Crippen LogP contribution in [-0.4, -0.2) is 31.0 Å². The highest BCUT2D eigenvalue weighted by atomic mass is 35.5. The number of esters is 1. The maximum absolute atomic E-state index is 13.1. The zero-order chi connectivity index (χ0) is 20.2. The summed E-state index contributed by atoms with van der Waals surface area (Å²) >= 11 is 5.80. The summed E-state index contributed by atoms with van der Waals surface area (Å²) in [5.74, 6) is -2.64. The number of carbonyl (C=O) groups is 1. The molecule has 0 N–H and O–H groups in total. The van der Waals surface area contributed by atoms with Crippen LogP contribution in [0.1, 0.15) is 34.2 Å². The maximum atomic E-state index is 13.1. The molecule has 27 heavy (non-hydrogen) atoms. The van der Waals surface area contributed by atoms with Crippen LogP contribution in [-0.2, 0) is 32.3 Å². The first-order valence-electron chi connectivity index (χ1n) is 7.57. The first kappa shape index (κ1) is 21.1. The van der Waals surface area contributed by atoms with Gasteiger partial charge in [0.2, 0.25) is 0 Å². The molecule has 1 heterocycles. The van der Waals surface area contributed by atoms with Crippen molar-refractivity contribution in [1.82, 2.24) is 9.97 Å². The smallest absolute Gasteiger partial charge is 0.416 e. The molecule has 0 unspecified atom stereocenters. The summed E-state index contributed by atoms with van der Waals surface area (Å²) in [6.07, 6.45) is -2.42. The SMILES string of the molecule is CCOC(=O)c1nccnc1CS(=O)(=O)Cc1c(Cl)cccc1C(F)(F)F. The Kier molecular flexibility index (Phi) is 6.42. The Morgan fingerprint density at radius 2 is 1.85 bits per heavy atom. The molecule has 0 spiro atoms. The summed E-state index contributed by atoms with van der Waals surface area (Å²) in [5, 5.41) is -0.321. The monoisotopic (exact) mass is 422 g/mol. The van der Waals surface area contributed by atoms with Crippen molar-refractivity contribution in [3.05, 3.63) is 58.1 Å². The van der Waals surface area contributed by atoms with Crippen LogP contribution in [0.4, 0.5) is 13.2 Å². The van der Waals surface area contributed by atoms with Gasteiger partial charge in [-0.3, -0.25) is 4.98 Å². The molecular formula is C16H14ClF3N2O4S. The van der Waals surface area contributed by atoms with E-state index in [4.69, 9.17) is 16.3 Å². The van der Waals surface area contributed by atoms with Crippen molar-refractivity contribution < 1.29 is 31.1 Å². The highest BCUT2D eigenvalue weighted by molar-refractivity contribution is 7.89. The Balaban J connectivity index is 2.37. The summed E-state index contributed by atoms with van der Waals surface area (Å²) in [4.78, 5) is 19.4. The lowest BCUT2D eigenvalue weighted by atomic mass is 10.1. The molecule has 6 nitrogen and oxygen atoms in total. The minimum absolute atomic E-state index is 0.0379. The van der Waals surface area contributed by atoms with Crippen molar-refractivity contribution in [1.29, 1.82) is 0 Å². The molecule has 1 aromatic carbocycles. The van der Waals surface area contributed by atoms with Crippen molar-refractivity contribution in [3.63, 3.8) is 0 Å². The van der Waals surface area contributed by atoms with Crippen LogP contribution in [0.25, 0.3) is 0 Å². The Morgan fingerprint density at radius 1 is 1.19 bits per heavy atom. The van der Waals surface area contributed by atoms with Crippen LogP contribution in [0.5, 0.6) is 0 Å². The van der Waals surface area contributed by atoms with Gasteiger partial charge in [0.15, 0.2) is 15.5 Å². The van der Waals surface area contributed by atoms with E-state index >= 15 is 0 Å². The molecule has 0 radical (unpaired) electrons. The summed E-state index contributed by atoms with van der Waals surface area (Å²) in [5.41, 5.74) is -2.22. The first-order chi connectivity index (χ1) is 12.5. The van der Waals surface area contributed by atoms with E-state index in [1.807, 2.05) is 0 Å². The molecule has 2 aromatic rings. The number of hydrogen-bond donors (Lipinski definition) is 0. The van der Waals surface area contributed by atoms with Gasteiger partial charge in [0.1, 0.15) is 0 Å². The predicted molar refractivity (Wildman–Crippen MR) is 90.8 cm³/mol. The number of ether oxygens (including phenoxy) is 1. The fourth-order valence-corrected chi connectivity index (χ4v) is 4.09. The molecule has 2 rings (SSSR count). The van der Waals surface area contributed by atoms with Gasteiger partial charge in [-0.05, 0) is 24.6 Å². The number of nitrogens with zero attached hydrogens (tertiary/aromatic N) is 2. The van der Waals surface area contributed by atoms with E-state index in [0.29, 0.717) is 0 Å². The molecule has 0 aliphatic carbocycles. The molecule has 11 heteroatoms. The average molecular weight is 423 g/mol. The van der Waals surface area contributed by atoms with Crippen LogP contribution in [0.3, 0.4) is 0 Å². The van der Waals surface area contributed by atoms with Gasteiger partial charge in [-0.2, -0.15) is 13.2 Å². The maximum Gasteiger partial charge on any atom is 0.416 e. The van der Waals surface area contributed by atoms with Crippen LogP contribution in [0.15, 0.2) is 30.6 Å². The zero-order valence-electron chi connectivity index (χ0n) is 14.0. The number of aromatic nitrogens is 2. The Bertz CT molecular complexity index is 949. The average Bonchev–Trinajstić information content (AvgIpc) is 2.56. The molecule has 0 amide bonds. The molecule has 0 saturated carbocycles. The number of halogens is 4. The number of sulfone groups is 1. The summed E-state index contributed by atoms with van der Waals surface area (Å²) in [7, 11) is -4.16. The lowest BCUT2D eigenvalue weighted by Gasteiger charge is -2.14. The molecular weight excluding hydrogens is 409 g/mol. The number of carbonyl (C=O) groups excluding carboxylic acids is 1. The summed E-state index contributed by atoms with van der Waals surface area (Å²) in [6, 6.07) is 3.01. The van der Waals surface area contributed by atoms with Crippen molar-refractivity contribution in [2.75, 3.05) is 6.61 Å². The Hall–Kier alpha value is -2.20. The molecule has 0 aliphatic rings. The van der Waals surface area contributed by atoms with Gasteiger partial charge in [0, 0.05) is 17.4 Å². The van der Waals surface area contributed by atoms with E-state index in [1.165, 1.54) is 18.5 Å². The van der Waals surface area contributed by atoms with E-state index < -0.39 is 44.6 Å². The molecule has 0 atom stereocenters. The van der Waals surface area contributed by atoms with Crippen LogP contribution >= 0.6 is 11.6 Å². The van der Waals surface area contributed by atoms with Crippen molar-refractivity contribution in [2.24, 2.45) is 0 Å². The largest absolute Gasteiger partial charge is 0.461 e. The van der Waals surface area contributed by atoms with E-state index in [9.17, 15) is 26.4 Å². The summed E-state index contributed by atoms with van der Waals surface area (Å²) in [6.45, 7) is 1.59. The molecule has 0 aliphatic heterocycles.